The van der Waals surface area contributed by atoms with E-state index in [1.165, 1.54) is 6.92 Å². The molecule has 90 valence electrons. The molecule has 0 saturated carbocycles. The second-order valence-electron chi connectivity index (χ2n) is 3.94. The Kier molecular flexibility index (Phi) is 4.49. The lowest BCUT2D eigenvalue weighted by Gasteiger charge is -2.15. The highest BCUT2D eigenvalue weighted by Crippen LogP contribution is 2.00. The van der Waals surface area contributed by atoms with Crippen molar-refractivity contribution in [3.05, 3.63) is 35.9 Å². The number of alkyl carbamates (subject to hydrolysis) is 1. The van der Waals surface area contributed by atoms with Crippen LogP contribution in [-0.2, 0) is 11.3 Å². The van der Waals surface area contributed by atoms with Gasteiger partial charge >= 0.3 is 6.09 Å². The molecule has 1 aromatic carbocycles. The zero-order valence-corrected chi connectivity index (χ0v) is 9.64. The van der Waals surface area contributed by atoms with Gasteiger partial charge in [0.1, 0.15) is 12.1 Å². The Hall–Kier alpha value is -2.06. The van der Waals surface area contributed by atoms with Crippen molar-refractivity contribution in [1.29, 1.82) is 5.26 Å². The predicted molar refractivity (Wildman–Crippen MR) is 62.8 cm³/mol. The Morgan fingerprint density at radius 2 is 2.18 bits per heavy atom. The van der Waals surface area contributed by atoms with Crippen LogP contribution in [0.2, 0.25) is 0 Å². The molecule has 0 aliphatic heterocycles. The molecule has 17 heavy (non-hydrogen) atoms. The molecule has 0 aromatic heterocycles. The molecule has 0 heterocycles. The molecule has 0 spiro atoms. The standard InChI is InChI=1S/C12H15N3O2/c1-12(14,8-13)9-15-11(16)17-7-10-5-3-2-4-6-10/h2-6H,7,9,14H2,1H3,(H,15,16). The van der Waals surface area contributed by atoms with Crippen LogP contribution in [0.3, 0.4) is 0 Å². The van der Waals surface area contributed by atoms with Gasteiger partial charge in [-0.25, -0.2) is 4.79 Å². The molecule has 3 N–H and O–H groups in total. The third-order valence-corrected chi connectivity index (χ3v) is 2.07. The van der Waals surface area contributed by atoms with Gasteiger partial charge < -0.3 is 15.8 Å². The van der Waals surface area contributed by atoms with Crippen molar-refractivity contribution in [1.82, 2.24) is 5.32 Å². The van der Waals surface area contributed by atoms with Crippen molar-refractivity contribution in [2.45, 2.75) is 19.1 Å². The van der Waals surface area contributed by atoms with Gasteiger partial charge in [0, 0.05) is 0 Å². The summed E-state index contributed by atoms with van der Waals surface area (Å²) in [6.45, 7) is 1.78. The summed E-state index contributed by atoms with van der Waals surface area (Å²) in [6, 6.07) is 11.2. The maximum absolute atomic E-state index is 11.3. The summed E-state index contributed by atoms with van der Waals surface area (Å²) in [4.78, 5) is 11.3. The fraction of sp³-hybridized carbons (Fsp3) is 0.333. The molecule has 0 fully saturated rings. The van der Waals surface area contributed by atoms with Crippen LogP contribution in [-0.4, -0.2) is 18.2 Å². The van der Waals surface area contributed by atoms with Gasteiger partial charge in [0.15, 0.2) is 0 Å². The maximum atomic E-state index is 11.3. The number of hydrogen-bond donors (Lipinski definition) is 2. The monoisotopic (exact) mass is 233 g/mol. The first kappa shape index (κ1) is 13.0. The highest BCUT2D eigenvalue weighted by atomic mass is 16.5. The SMILES string of the molecule is CC(N)(C#N)CNC(=O)OCc1ccccc1. The van der Waals surface area contributed by atoms with Gasteiger partial charge in [0.25, 0.3) is 0 Å². The van der Waals surface area contributed by atoms with Crippen molar-refractivity contribution < 1.29 is 9.53 Å². The predicted octanol–water partition coefficient (Wildman–Crippen LogP) is 1.15. The number of hydrogen-bond acceptors (Lipinski definition) is 4. The van der Waals surface area contributed by atoms with E-state index < -0.39 is 11.6 Å². The summed E-state index contributed by atoms with van der Waals surface area (Å²) in [6.07, 6.45) is -0.583. The number of ether oxygens (including phenoxy) is 1. The molecule has 5 nitrogen and oxygen atoms in total. The largest absolute Gasteiger partial charge is 0.445 e. The Bertz CT molecular complexity index is 410. The van der Waals surface area contributed by atoms with E-state index >= 15 is 0 Å². The number of nitriles is 1. The van der Waals surface area contributed by atoms with Gasteiger partial charge in [-0.1, -0.05) is 30.3 Å². The number of amides is 1. The third-order valence-electron chi connectivity index (χ3n) is 2.07. The fourth-order valence-electron chi connectivity index (χ4n) is 1.07. The number of nitrogens with two attached hydrogens (primary N) is 1. The molecule has 1 unspecified atom stereocenters. The Labute approximate surface area is 100 Å². The van der Waals surface area contributed by atoms with E-state index in [2.05, 4.69) is 5.32 Å². The summed E-state index contributed by atoms with van der Waals surface area (Å²) >= 11 is 0. The highest BCUT2D eigenvalue weighted by Gasteiger charge is 2.18. The van der Waals surface area contributed by atoms with Gasteiger partial charge in [-0.2, -0.15) is 5.26 Å². The quantitative estimate of drug-likeness (QED) is 0.816. The molecular weight excluding hydrogens is 218 g/mol. The first-order valence-corrected chi connectivity index (χ1v) is 5.18. The van der Waals surface area contributed by atoms with E-state index in [0.29, 0.717) is 0 Å². The fourth-order valence-corrected chi connectivity index (χ4v) is 1.07. The van der Waals surface area contributed by atoms with Gasteiger partial charge in [-0.15, -0.1) is 0 Å². The lowest BCUT2D eigenvalue weighted by atomic mass is 10.1. The molecule has 0 aliphatic carbocycles. The molecule has 1 atom stereocenters. The molecular formula is C12H15N3O2. The van der Waals surface area contributed by atoms with Crippen molar-refractivity contribution >= 4 is 6.09 Å². The number of nitrogens with zero attached hydrogens (tertiary/aromatic N) is 1. The van der Waals surface area contributed by atoms with Crippen LogP contribution in [0, 0.1) is 11.3 Å². The van der Waals surface area contributed by atoms with Crippen LogP contribution in [0.15, 0.2) is 30.3 Å². The van der Waals surface area contributed by atoms with Gasteiger partial charge in [0.2, 0.25) is 0 Å². The van der Waals surface area contributed by atoms with Crippen LogP contribution in [0.4, 0.5) is 4.79 Å². The number of benzene rings is 1. The number of nitrogens with one attached hydrogen (secondary N) is 1. The zero-order valence-electron chi connectivity index (χ0n) is 9.64. The lowest BCUT2D eigenvalue weighted by molar-refractivity contribution is 0.138. The van der Waals surface area contributed by atoms with Gasteiger partial charge in [0.05, 0.1) is 12.6 Å². The van der Waals surface area contributed by atoms with Crippen molar-refractivity contribution in [3.63, 3.8) is 0 Å². The van der Waals surface area contributed by atoms with Crippen LogP contribution >= 0.6 is 0 Å². The minimum atomic E-state index is -1.08. The van der Waals surface area contributed by atoms with E-state index in [-0.39, 0.29) is 13.2 Å². The second-order valence-corrected chi connectivity index (χ2v) is 3.94. The van der Waals surface area contributed by atoms with Crippen LogP contribution in [0.1, 0.15) is 12.5 Å². The average molecular weight is 233 g/mol. The Balaban J connectivity index is 2.30. The Morgan fingerprint density at radius 3 is 2.76 bits per heavy atom. The second kappa shape index (κ2) is 5.87. The molecule has 1 aromatic rings. The third kappa shape index (κ3) is 5.00. The molecule has 0 saturated heterocycles. The van der Waals surface area contributed by atoms with Crippen LogP contribution < -0.4 is 11.1 Å². The molecule has 0 radical (unpaired) electrons. The normalized spacial score (nSPS) is 13.2. The summed E-state index contributed by atoms with van der Waals surface area (Å²) in [5, 5.41) is 11.1. The summed E-state index contributed by atoms with van der Waals surface area (Å²) < 4.78 is 4.95. The van der Waals surface area contributed by atoms with E-state index in [0.717, 1.165) is 5.56 Å². The molecule has 5 heteroatoms. The first-order chi connectivity index (χ1) is 8.03. The molecule has 0 bridgehead atoms. The number of carbonyl (C=O) groups excluding carboxylic acids is 1. The first-order valence-electron chi connectivity index (χ1n) is 5.18. The van der Waals surface area contributed by atoms with E-state index in [4.69, 9.17) is 15.7 Å². The number of carbonyl (C=O) groups is 1. The van der Waals surface area contributed by atoms with Crippen molar-refractivity contribution in [3.8, 4) is 6.07 Å². The minimum absolute atomic E-state index is 0.0527. The van der Waals surface area contributed by atoms with E-state index in [9.17, 15) is 4.79 Å². The molecule has 1 rings (SSSR count). The summed E-state index contributed by atoms with van der Waals surface area (Å²) in [5.74, 6) is 0. The van der Waals surface area contributed by atoms with Gasteiger partial charge in [-0.05, 0) is 12.5 Å². The lowest BCUT2D eigenvalue weighted by Crippen LogP contribution is -2.46. The topological polar surface area (TPSA) is 88.1 Å². The average Bonchev–Trinajstić information content (AvgIpc) is 2.35. The highest BCUT2D eigenvalue weighted by molar-refractivity contribution is 5.67. The number of rotatable bonds is 4. The van der Waals surface area contributed by atoms with E-state index in [1.54, 1.807) is 0 Å². The zero-order chi connectivity index (χ0) is 12.7. The summed E-state index contributed by atoms with van der Waals surface area (Å²) in [7, 11) is 0. The maximum Gasteiger partial charge on any atom is 0.407 e. The smallest absolute Gasteiger partial charge is 0.407 e. The minimum Gasteiger partial charge on any atom is -0.445 e. The van der Waals surface area contributed by atoms with Crippen molar-refractivity contribution in [2.24, 2.45) is 5.73 Å². The van der Waals surface area contributed by atoms with Crippen LogP contribution in [0.5, 0.6) is 0 Å². The van der Waals surface area contributed by atoms with Crippen LogP contribution in [0.25, 0.3) is 0 Å². The van der Waals surface area contributed by atoms with Gasteiger partial charge in [-0.3, -0.25) is 0 Å². The van der Waals surface area contributed by atoms with Crippen molar-refractivity contribution in [2.75, 3.05) is 6.54 Å². The van der Waals surface area contributed by atoms with E-state index in [1.807, 2.05) is 36.4 Å². The summed E-state index contributed by atoms with van der Waals surface area (Å²) in [5.41, 5.74) is 5.36. The molecule has 1 amide bonds. The molecule has 0 aliphatic rings. The Morgan fingerprint density at radius 1 is 1.53 bits per heavy atom.